The maximum Gasteiger partial charge on any atom is 0.306 e. The Labute approximate surface area is 85.8 Å². The van der Waals surface area contributed by atoms with E-state index in [9.17, 15) is 4.79 Å². The Morgan fingerprint density at radius 1 is 1.43 bits per heavy atom. The first-order valence-corrected chi connectivity index (χ1v) is 5.45. The van der Waals surface area contributed by atoms with E-state index in [0.717, 1.165) is 32.5 Å². The Kier molecular flexibility index (Phi) is 4.94. The molecule has 3 nitrogen and oxygen atoms in total. The zero-order valence-electron chi connectivity index (χ0n) is 9.12. The third-order valence-corrected chi connectivity index (χ3v) is 2.46. The highest BCUT2D eigenvalue weighted by molar-refractivity contribution is 5.69. The van der Waals surface area contributed by atoms with E-state index in [1.165, 1.54) is 0 Å². The molecule has 0 aliphatic carbocycles. The van der Waals surface area contributed by atoms with Crippen LogP contribution in [0, 0.1) is 5.92 Å². The van der Waals surface area contributed by atoms with Crippen LogP contribution in [0.25, 0.3) is 0 Å². The molecule has 1 fully saturated rings. The Hall–Kier alpha value is -0.570. The number of rotatable bonds is 4. The summed E-state index contributed by atoms with van der Waals surface area (Å²) in [4.78, 5) is 11.2. The van der Waals surface area contributed by atoms with Gasteiger partial charge in [0, 0.05) is 19.6 Å². The average molecular weight is 200 g/mol. The summed E-state index contributed by atoms with van der Waals surface area (Å²) < 4.78 is 10.3. The van der Waals surface area contributed by atoms with Crippen LogP contribution in [0.15, 0.2) is 0 Å². The first-order chi connectivity index (χ1) is 6.68. The van der Waals surface area contributed by atoms with Gasteiger partial charge >= 0.3 is 5.97 Å². The van der Waals surface area contributed by atoms with Gasteiger partial charge in [0.05, 0.1) is 6.10 Å². The Morgan fingerprint density at radius 2 is 2.07 bits per heavy atom. The molecule has 1 rings (SSSR count). The van der Waals surface area contributed by atoms with Crippen molar-refractivity contribution in [3.8, 4) is 0 Å². The fraction of sp³-hybridized carbons (Fsp3) is 0.909. The van der Waals surface area contributed by atoms with Gasteiger partial charge in [-0.3, -0.25) is 4.79 Å². The van der Waals surface area contributed by atoms with Crippen molar-refractivity contribution in [3.63, 3.8) is 0 Å². The van der Waals surface area contributed by atoms with Crippen molar-refractivity contribution in [1.29, 1.82) is 0 Å². The molecule has 0 aromatic rings. The van der Waals surface area contributed by atoms with E-state index >= 15 is 0 Å². The van der Waals surface area contributed by atoms with E-state index in [2.05, 4.69) is 0 Å². The molecular formula is C11H20O3. The maximum atomic E-state index is 11.2. The molecule has 0 N–H and O–H groups in total. The van der Waals surface area contributed by atoms with E-state index in [1.54, 1.807) is 0 Å². The van der Waals surface area contributed by atoms with Crippen molar-refractivity contribution < 1.29 is 14.3 Å². The molecule has 0 bridgehead atoms. The molecule has 0 aromatic carbocycles. The molecule has 1 saturated heterocycles. The molecule has 82 valence electrons. The number of ether oxygens (including phenoxy) is 2. The molecule has 0 atom stereocenters. The molecule has 0 aromatic heterocycles. The van der Waals surface area contributed by atoms with Crippen molar-refractivity contribution in [2.75, 3.05) is 13.2 Å². The highest BCUT2D eigenvalue weighted by Crippen LogP contribution is 2.20. The normalized spacial score (nSPS) is 18.5. The average Bonchev–Trinajstić information content (AvgIpc) is 2.15. The summed E-state index contributed by atoms with van der Waals surface area (Å²) in [7, 11) is 0. The van der Waals surface area contributed by atoms with Crippen molar-refractivity contribution in [2.24, 2.45) is 5.92 Å². The first-order valence-electron chi connectivity index (χ1n) is 5.45. The molecule has 0 amide bonds. The van der Waals surface area contributed by atoms with Gasteiger partial charge in [0.25, 0.3) is 0 Å². The summed E-state index contributed by atoms with van der Waals surface area (Å²) in [5, 5.41) is 0. The quantitative estimate of drug-likeness (QED) is 0.652. The largest absolute Gasteiger partial charge is 0.463 e. The van der Waals surface area contributed by atoms with Crippen molar-refractivity contribution in [3.05, 3.63) is 0 Å². The van der Waals surface area contributed by atoms with Crippen LogP contribution >= 0.6 is 0 Å². The number of esters is 1. The van der Waals surface area contributed by atoms with Gasteiger partial charge in [-0.2, -0.15) is 0 Å². The molecule has 0 saturated carbocycles. The standard InChI is InChI=1S/C11H20O3/c1-9(2)14-11(12)4-3-10-5-7-13-8-6-10/h9-10H,3-8H2,1-2H3. The summed E-state index contributed by atoms with van der Waals surface area (Å²) in [6.45, 7) is 5.46. The van der Waals surface area contributed by atoms with E-state index in [1.807, 2.05) is 13.8 Å². The lowest BCUT2D eigenvalue weighted by atomic mass is 9.95. The molecule has 14 heavy (non-hydrogen) atoms. The van der Waals surface area contributed by atoms with Crippen LogP contribution in [0.2, 0.25) is 0 Å². The molecule has 1 aliphatic rings. The lowest BCUT2D eigenvalue weighted by Gasteiger charge is -2.21. The van der Waals surface area contributed by atoms with Crippen LogP contribution in [-0.4, -0.2) is 25.3 Å². The number of hydrogen-bond acceptors (Lipinski definition) is 3. The van der Waals surface area contributed by atoms with E-state index in [-0.39, 0.29) is 12.1 Å². The van der Waals surface area contributed by atoms with Gasteiger partial charge in [0.15, 0.2) is 0 Å². The minimum Gasteiger partial charge on any atom is -0.463 e. The molecule has 3 heteroatoms. The van der Waals surface area contributed by atoms with Gasteiger partial charge in [-0.25, -0.2) is 0 Å². The molecular weight excluding hydrogens is 180 g/mol. The number of carbonyl (C=O) groups excluding carboxylic acids is 1. The second-order valence-electron chi connectivity index (χ2n) is 4.13. The lowest BCUT2D eigenvalue weighted by molar-refractivity contribution is -0.147. The van der Waals surface area contributed by atoms with Crippen molar-refractivity contribution in [1.82, 2.24) is 0 Å². The maximum absolute atomic E-state index is 11.2. The second kappa shape index (κ2) is 6.02. The van der Waals surface area contributed by atoms with E-state index in [4.69, 9.17) is 9.47 Å². The minimum absolute atomic E-state index is 0.0113. The predicted octanol–water partition coefficient (Wildman–Crippen LogP) is 2.14. The molecule has 0 unspecified atom stereocenters. The van der Waals surface area contributed by atoms with Gasteiger partial charge in [-0.15, -0.1) is 0 Å². The topological polar surface area (TPSA) is 35.5 Å². The smallest absolute Gasteiger partial charge is 0.306 e. The van der Waals surface area contributed by atoms with Crippen LogP contribution < -0.4 is 0 Å². The van der Waals surface area contributed by atoms with Crippen molar-refractivity contribution in [2.45, 2.75) is 45.6 Å². The van der Waals surface area contributed by atoms with Crippen molar-refractivity contribution >= 4 is 5.97 Å². The van der Waals surface area contributed by atoms with Crippen LogP contribution in [-0.2, 0) is 14.3 Å². The van der Waals surface area contributed by atoms with Gasteiger partial charge < -0.3 is 9.47 Å². The van der Waals surface area contributed by atoms with Crippen LogP contribution in [0.3, 0.4) is 0 Å². The fourth-order valence-electron chi connectivity index (χ4n) is 1.68. The third kappa shape index (κ3) is 4.61. The van der Waals surface area contributed by atoms with Crippen LogP contribution in [0.5, 0.6) is 0 Å². The Balaban J connectivity index is 2.09. The molecule has 0 spiro atoms. The van der Waals surface area contributed by atoms with Gasteiger partial charge in [-0.1, -0.05) is 0 Å². The van der Waals surface area contributed by atoms with Gasteiger partial charge in [-0.05, 0) is 39.0 Å². The van der Waals surface area contributed by atoms with Gasteiger partial charge in [0.1, 0.15) is 0 Å². The summed E-state index contributed by atoms with van der Waals surface area (Å²) in [6, 6.07) is 0. The number of carbonyl (C=O) groups is 1. The first kappa shape index (κ1) is 11.5. The molecule has 0 radical (unpaired) electrons. The Morgan fingerprint density at radius 3 is 2.64 bits per heavy atom. The lowest BCUT2D eigenvalue weighted by Crippen LogP contribution is -2.18. The third-order valence-electron chi connectivity index (χ3n) is 2.46. The zero-order valence-corrected chi connectivity index (χ0v) is 9.12. The monoisotopic (exact) mass is 200 g/mol. The van der Waals surface area contributed by atoms with Crippen LogP contribution in [0.1, 0.15) is 39.5 Å². The highest BCUT2D eigenvalue weighted by atomic mass is 16.5. The summed E-state index contributed by atoms with van der Waals surface area (Å²) in [5.41, 5.74) is 0. The Bertz CT molecular complexity index is 171. The van der Waals surface area contributed by atoms with Crippen LogP contribution in [0.4, 0.5) is 0 Å². The predicted molar refractivity (Wildman–Crippen MR) is 54.0 cm³/mol. The summed E-state index contributed by atoms with van der Waals surface area (Å²) >= 11 is 0. The fourth-order valence-corrected chi connectivity index (χ4v) is 1.68. The van der Waals surface area contributed by atoms with Gasteiger partial charge in [0.2, 0.25) is 0 Å². The SMILES string of the molecule is CC(C)OC(=O)CCC1CCOCC1. The number of hydrogen-bond donors (Lipinski definition) is 0. The van der Waals surface area contributed by atoms with E-state index < -0.39 is 0 Å². The summed E-state index contributed by atoms with van der Waals surface area (Å²) in [5.74, 6) is 0.593. The molecule has 1 aliphatic heterocycles. The van der Waals surface area contributed by atoms with E-state index in [0.29, 0.717) is 12.3 Å². The second-order valence-corrected chi connectivity index (χ2v) is 4.13. The highest BCUT2D eigenvalue weighted by Gasteiger charge is 2.15. The minimum atomic E-state index is -0.0634. The molecule has 1 heterocycles. The summed E-state index contributed by atoms with van der Waals surface area (Å²) in [6.07, 6.45) is 3.71. The zero-order chi connectivity index (χ0) is 10.4.